The third-order valence-corrected chi connectivity index (χ3v) is 5.63. The van der Waals surface area contributed by atoms with Gasteiger partial charge in [-0.2, -0.15) is 5.26 Å². The minimum atomic E-state index is -0.683. The number of carbonyl (C=O) groups excluding carboxylic acids is 1. The molecule has 1 saturated carbocycles. The van der Waals surface area contributed by atoms with Crippen LogP contribution in [0.2, 0.25) is 0 Å². The van der Waals surface area contributed by atoms with Gasteiger partial charge in [-0.1, -0.05) is 33.6 Å². The van der Waals surface area contributed by atoms with Crippen LogP contribution in [0.15, 0.2) is 0 Å². The van der Waals surface area contributed by atoms with Gasteiger partial charge in [-0.05, 0) is 37.0 Å². The van der Waals surface area contributed by atoms with Gasteiger partial charge in [0.2, 0.25) is 5.91 Å². The van der Waals surface area contributed by atoms with Crippen LogP contribution in [0.4, 0.5) is 0 Å². The van der Waals surface area contributed by atoms with E-state index in [2.05, 4.69) is 26.8 Å². The predicted octanol–water partition coefficient (Wildman–Crippen LogP) is 3.36. The summed E-state index contributed by atoms with van der Waals surface area (Å²) in [5, 5.41) is 9.35. The van der Waals surface area contributed by atoms with E-state index in [1.807, 2.05) is 4.90 Å². The maximum atomic E-state index is 12.6. The van der Waals surface area contributed by atoms with Gasteiger partial charge < -0.3 is 4.90 Å². The molecule has 1 amide bonds. The van der Waals surface area contributed by atoms with E-state index in [0.717, 1.165) is 38.8 Å². The Labute approximate surface area is 117 Å². The highest BCUT2D eigenvalue weighted by atomic mass is 16.2. The Kier molecular flexibility index (Phi) is 3.90. The van der Waals surface area contributed by atoms with E-state index in [0.29, 0.717) is 11.3 Å². The van der Waals surface area contributed by atoms with Gasteiger partial charge in [-0.25, -0.2) is 0 Å². The third-order valence-electron chi connectivity index (χ3n) is 5.63. The van der Waals surface area contributed by atoms with Crippen LogP contribution in [0.5, 0.6) is 0 Å². The van der Waals surface area contributed by atoms with E-state index in [1.165, 1.54) is 12.8 Å². The summed E-state index contributed by atoms with van der Waals surface area (Å²) >= 11 is 0. The lowest BCUT2D eigenvalue weighted by Crippen LogP contribution is -2.53. The molecule has 3 nitrogen and oxygen atoms in total. The van der Waals surface area contributed by atoms with Gasteiger partial charge in [0.25, 0.3) is 0 Å². The molecule has 19 heavy (non-hydrogen) atoms. The highest BCUT2D eigenvalue weighted by molar-refractivity contribution is 5.86. The smallest absolute Gasteiger partial charge is 0.243 e. The molecule has 0 N–H and O–H groups in total. The van der Waals surface area contributed by atoms with Crippen molar-refractivity contribution in [3.63, 3.8) is 0 Å². The molecule has 0 aromatic heterocycles. The molecule has 0 aromatic rings. The number of amides is 1. The van der Waals surface area contributed by atoms with Crippen molar-refractivity contribution >= 4 is 5.91 Å². The van der Waals surface area contributed by atoms with Crippen molar-refractivity contribution in [3.05, 3.63) is 0 Å². The summed E-state index contributed by atoms with van der Waals surface area (Å²) in [6.07, 6.45) is 6.11. The number of rotatable bonds is 3. The molecule has 0 spiro atoms. The molecule has 3 heteroatoms. The van der Waals surface area contributed by atoms with Crippen LogP contribution in [-0.2, 0) is 4.79 Å². The molecule has 1 aliphatic carbocycles. The van der Waals surface area contributed by atoms with Crippen molar-refractivity contribution in [2.45, 2.75) is 59.3 Å². The van der Waals surface area contributed by atoms with E-state index in [1.54, 1.807) is 0 Å². The number of piperidine rings is 1. The molecular weight excluding hydrogens is 236 g/mol. The Bertz CT molecular complexity index is 376. The lowest BCUT2D eigenvalue weighted by molar-refractivity contribution is -0.147. The summed E-state index contributed by atoms with van der Waals surface area (Å²) in [7, 11) is 0. The fraction of sp³-hybridized carbons (Fsp3) is 0.875. The Morgan fingerprint density at radius 1 is 1.26 bits per heavy atom. The highest BCUT2D eigenvalue weighted by Crippen LogP contribution is 2.47. The number of likely N-dealkylation sites (tertiary alicyclic amines) is 1. The topological polar surface area (TPSA) is 44.1 Å². The van der Waals surface area contributed by atoms with Crippen molar-refractivity contribution < 1.29 is 4.79 Å². The first-order valence-electron chi connectivity index (χ1n) is 7.71. The molecule has 0 bridgehead atoms. The van der Waals surface area contributed by atoms with Crippen LogP contribution in [0.25, 0.3) is 0 Å². The van der Waals surface area contributed by atoms with Gasteiger partial charge in [0.05, 0.1) is 6.07 Å². The Hall–Kier alpha value is -1.04. The predicted molar refractivity (Wildman–Crippen MR) is 75.3 cm³/mol. The Morgan fingerprint density at radius 2 is 1.79 bits per heavy atom. The molecule has 0 atom stereocenters. The lowest BCUT2D eigenvalue weighted by atomic mass is 9.62. The molecule has 2 aliphatic rings. The summed E-state index contributed by atoms with van der Waals surface area (Å²) in [4.78, 5) is 14.5. The van der Waals surface area contributed by atoms with Gasteiger partial charge in [0, 0.05) is 13.1 Å². The number of hydrogen-bond acceptors (Lipinski definition) is 2. The fourth-order valence-corrected chi connectivity index (χ4v) is 3.89. The van der Waals surface area contributed by atoms with Crippen molar-refractivity contribution in [1.82, 2.24) is 4.90 Å². The van der Waals surface area contributed by atoms with Crippen LogP contribution in [-0.4, -0.2) is 23.9 Å². The average Bonchev–Trinajstić information content (AvgIpc) is 2.43. The van der Waals surface area contributed by atoms with Crippen LogP contribution in [0, 0.1) is 28.1 Å². The van der Waals surface area contributed by atoms with Gasteiger partial charge in [0.1, 0.15) is 5.41 Å². The molecule has 0 aromatic carbocycles. The normalized spacial score (nSPS) is 33.4. The fourth-order valence-electron chi connectivity index (χ4n) is 3.89. The molecule has 2 rings (SSSR count). The van der Waals surface area contributed by atoms with Crippen LogP contribution in [0.3, 0.4) is 0 Å². The van der Waals surface area contributed by atoms with Gasteiger partial charge in [-0.15, -0.1) is 0 Å². The number of nitriles is 1. The molecule has 1 saturated heterocycles. The number of carbonyl (C=O) groups is 1. The molecule has 1 heterocycles. The molecule has 1 aliphatic heterocycles. The second kappa shape index (κ2) is 5.15. The second-order valence-electron chi connectivity index (χ2n) is 6.71. The molecule has 2 fully saturated rings. The van der Waals surface area contributed by atoms with E-state index >= 15 is 0 Å². The zero-order valence-corrected chi connectivity index (χ0v) is 12.5. The van der Waals surface area contributed by atoms with Crippen molar-refractivity contribution in [2.24, 2.45) is 16.7 Å². The summed E-state index contributed by atoms with van der Waals surface area (Å²) in [6.45, 7) is 8.33. The van der Waals surface area contributed by atoms with Crippen molar-refractivity contribution in [1.29, 1.82) is 5.26 Å². The molecule has 0 radical (unpaired) electrons. The maximum absolute atomic E-state index is 12.6. The van der Waals surface area contributed by atoms with Crippen LogP contribution >= 0.6 is 0 Å². The van der Waals surface area contributed by atoms with Crippen molar-refractivity contribution in [3.8, 4) is 6.07 Å². The highest BCUT2D eigenvalue weighted by Gasteiger charge is 2.51. The maximum Gasteiger partial charge on any atom is 0.243 e. The van der Waals surface area contributed by atoms with Gasteiger partial charge in [0.15, 0.2) is 0 Å². The average molecular weight is 262 g/mol. The zero-order valence-electron chi connectivity index (χ0n) is 12.5. The number of nitrogens with zero attached hydrogens (tertiary/aromatic N) is 2. The van der Waals surface area contributed by atoms with Gasteiger partial charge >= 0.3 is 0 Å². The Morgan fingerprint density at radius 3 is 2.16 bits per heavy atom. The largest absolute Gasteiger partial charge is 0.341 e. The minimum absolute atomic E-state index is 0.105. The summed E-state index contributed by atoms with van der Waals surface area (Å²) in [5.74, 6) is 0.632. The first-order valence-corrected chi connectivity index (χ1v) is 7.71. The monoisotopic (exact) mass is 262 g/mol. The number of hydrogen-bond donors (Lipinski definition) is 0. The van der Waals surface area contributed by atoms with E-state index in [-0.39, 0.29) is 5.91 Å². The Balaban J connectivity index is 1.99. The minimum Gasteiger partial charge on any atom is -0.341 e. The first-order chi connectivity index (χ1) is 9.01. The molecule has 106 valence electrons. The van der Waals surface area contributed by atoms with Crippen LogP contribution < -0.4 is 0 Å². The summed E-state index contributed by atoms with van der Waals surface area (Å²) in [6, 6.07) is 2.30. The van der Waals surface area contributed by atoms with E-state index in [9.17, 15) is 10.1 Å². The molecule has 0 unspecified atom stereocenters. The lowest BCUT2D eigenvalue weighted by Gasteiger charge is -2.46. The summed E-state index contributed by atoms with van der Waals surface area (Å²) in [5.41, 5.74) is -0.249. The van der Waals surface area contributed by atoms with Crippen molar-refractivity contribution in [2.75, 3.05) is 13.1 Å². The first kappa shape index (κ1) is 14.4. The summed E-state index contributed by atoms with van der Waals surface area (Å²) < 4.78 is 0. The van der Waals surface area contributed by atoms with Gasteiger partial charge in [-0.3, -0.25) is 4.79 Å². The zero-order chi connectivity index (χ0) is 14.1. The standard InChI is InChI=1S/C16H26N2O/c1-4-15(5-2)6-8-18(9-7-15)14(19)16(12-17)10-13(3)11-16/h13H,4-11H2,1-3H3. The molecular formula is C16H26N2O. The van der Waals surface area contributed by atoms with E-state index in [4.69, 9.17) is 0 Å². The van der Waals surface area contributed by atoms with Crippen LogP contribution in [0.1, 0.15) is 59.3 Å². The quantitative estimate of drug-likeness (QED) is 0.783. The second-order valence-corrected chi connectivity index (χ2v) is 6.71. The SMILES string of the molecule is CCC1(CC)CCN(C(=O)C2(C#N)CC(C)C2)CC1. The van der Waals surface area contributed by atoms with E-state index < -0.39 is 5.41 Å². The third kappa shape index (κ3) is 2.38.